The summed E-state index contributed by atoms with van der Waals surface area (Å²) in [5.41, 5.74) is 0.452. The molecule has 0 aliphatic carbocycles. The third-order valence-corrected chi connectivity index (χ3v) is 4.24. The summed E-state index contributed by atoms with van der Waals surface area (Å²) in [5, 5.41) is 30.2. The molecule has 1 aliphatic rings. The van der Waals surface area contributed by atoms with Gasteiger partial charge in [0.15, 0.2) is 6.23 Å². The maximum atomic E-state index is 14.1. The highest BCUT2D eigenvalue weighted by Gasteiger charge is 2.55. The number of ether oxygens (including phenoxy) is 1. The van der Waals surface area contributed by atoms with Crippen LogP contribution in [-0.4, -0.2) is 60.8 Å². The smallest absolute Gasteiger partial charge is 0.263 e. The van der Waals surface area contributed by atoms with E-state index in [1.165, 1.54) is 22.7 Å². The fourth-order valence-corrected chi connectivity index (χ4v) is 2.95. The van der Waals surface area contributed by atoms with Crippen molar-refractivity contribution in [3.05, 3.63) is 18.6 Å². The molecule has 0 bridgehead atoms. The van der Waals surface area contributed by atoms with Crippen molar-refractivity contribution in [1.29, 1.82) is 0 Å². The molecule has 21 heavy (non-hydrogen) atoms. The van der Waals surface area contributed by atoms with Gasteiger partial charge in [0.2, 0.25) is 0 Å². The van der Waals surface area contributed by atoms with Crippen LogP contribution in [0.4, 0.5) is 4.39 Å². The Balaban J connectivity index is 2.06. The van der Waals surface area contributed by atoms with Gasteiger partial charge in [0.1, 0.15) is 35.8 Å². The number of aromatic nitrogens is 3. The lowest BCUT2D eigenvalue weighted by atomic mass is 10.1. The molecule has 3 heterocycles. The quantitative estimate of drug-likeness (QED) is 0.544. The Morgan fingerprint density at radius 1 is 1.48 bits per heavy atom. The first-order valence-electron chi connectivity index (χ1n) is 6.21. The van der Waals surface area contributed by atoms with E-state index >= 15 is 0 Å². The molecular formula is C12H14FN3O4S. The van der Waals surface area contributed by atoms with Crippen LogP contribution in [0.25, 0.3) is 11.0 Å². The summed E-state index contributed by atoms with van der Waals surface area (Å²) in [7, 11) is 0. The van der Waals surface area contributed by atoms with Crippen molar-refractivity contribution in [1.82, 2.24) is 14.5 Å². The first-order valence-corrected chi connectivity index (χ1v) is 7.43. The van der Waals surface area contributed by atoms with Gasteiger partial charge in [-0.25, -0.2) is 14.4 Å². The Morgan fingerprint density at radius 2 is 2.24 bits per heavy atom. The molecule has 1 aliphatic heterocycles. The van der Waals surface area contributed by atoms with Crippen molar-refractivity contribution in [3.63, 3.8) is 0 Å². The van der Waals surface area contributed by atoms with Crippen LogP contribution in [0.3, 0.4) is 0 Å². The lowest BCUT2D eigenvalue weighted by Crippen LogP contribution is -2.42. The van der Waals surface area contributed by atoms with Crippen molar-refractivity contribution in [2.24, 2.45) is 0 Å². The van der Waals surface area contributed by atoms with Gasteiger partial charge in [-0.15, -0.1) is 11.8 Å². The number of hydrogen-bond acceptors (Lipinski definition) is 7. The monoisotopic (exact) mass is 315 g/mol. The molecule has 0 saturated carbocycles. The molecule has 9 heteroatoms. The first-order chi connectivity index (χ1) is 10.0. The van der Waals surface area contributed by atoms with Gasteiger partial charge >= 0.3 is 0 Å². The number of nitrogens with zero attached hydrogens (tertiary/aromatic N) is 3. The lowest BCUT2D eigenvalue weighted by Gasteiger charge is -2.20. The molecule has 3 N–H and O–H groups in total. The predicted octanol–water partition coefficient (Wildman–Crippen LogP) is 0.0619. The van der Waals surface area contributed by atoms with Crippen LogP contribution in [0, 0.1) is 0 Å². The number of aliphatic hydroxyl groups is 3. The van der Waals surface area contributed by atoms with E-state index in [1.54, 1.807) is 12.3 Å². The van der Waals surface area contributed by atoms with Crippen molar-refractivity contribution >= 4 is 22.8 Å². The van der Waals surface area contributed by atoms with Gasteiger partial charge in [0.25, 0.3) is 5.85 Å². The molecule has 1 fully saturated rings. The van der Waals surface area contributed by atoms with Gasteiger partial charge in [-0.1, -0.05) is 0 Å². The van der Waals surface area contributed by atoms with Crippen LogP contribution in [0.15, 0.2) is 23.6 Å². The number of halogens is 1. The number of hydrogen-bond donors (Lipinski definition) is 3. The summed E-state index contributed by atoms with van der Waals surface area (Å²) in [5.74, 6) is -2.70. The summed E-state index contributed by atoms with van der Waals surface area (Å²) in [6, 6.07) is 1.72. The van der Waals surface area contributed by atoms with Crippen molar-refractivity contribution in [2.45, 2.75) is 29.3 Å². The van der Waals surface area contributed by atoms with Gasteiger partial charge < -0.3 is 24.6 Å². The van der Waals surface area contributed by atoms with Crippen molar-refractivity contribution in [2.75, 3.05) is 12.9 Å². The highest BCUT2D eigenvalue weighted by atomic mass is 32.2. The summed E-state index contributed by atoms with van der Waals surface area (Å²) in [4.78, 5) is 8.22. The molecule has 7 nitrogen and oxygen atoms in total. The second-order valence-corrected chi connectivity index (χ2v) is 5.53. The average Bonchev–Trinajstić information content (AvgIpc) is 3.02. The Labute approximate surface area is 123 Å². The molecule has 2 aromatic rings. The van der Waals surface area contributed by atoms with Gasteiger partial charge in [-0.2, -0.15) is 0 Å². The second kappa shape index (κ2) is 5.18. The van der Waals surface area contributed by atoms with Crippen LogP contribution in [0.2, 0.25) is 0 Å². The van der Waals surface area contributed by atoms with E-state index in [4.69, 9.17) is 9.84 Å². The van der Waals surface area contributed by atoms with Gasteiger partial charge in [0.05, 0.1) is 5.39 Å². The number of thioether (sulfide) groups is 1. The number of aliphatic hydroxyl groups excluding tert-OH is 3. The normalized spacial score (nSPS) is 32.9. The van der Waals surface area contributed by atoms with Crippen LogP contribution in [-0.2, 0) is 4.74 Å². The van der Waals surface area contributed by atoms with Crippen LogP contribution in [0.5, 0.6) is 0 Å². The minimum absolute atomic E-state index is 0.452. The van der Waals surface area contributed by atoms with E-state index in [0.717, 1.165) is 10.4 Å². The van der Waals surface area contributed by atoms with Crippen LogP contribution in [0.1, 0.15) is 6.23 Å². The van der Waals surface area contributed by atoms with E-state index in [2.05, 4.69) is 9.97 Å². The summed E-state index contributed by atoms with van der Waals surface area (Å²) in [6.07, 6.45) is 0.249. The molecule has 0 radical (unpaired) electrons. The summed E-state index contributed by atoms with van der Waals surface area (Å²) < 4.78 is 20.6. The molecule has 0 aromatic carbocycles. The zero-order valence-electron chi connectivity index (χ0n) is 11.0. The van der Waals surface area contributed by atoms with Crippen LogP contribution >= 0.6 is 11.8 Å². The van der Waals surface area contributed by atoms with E-state index in [1.807, 2.05) is 6.26 Å². The molecular weight excluding hydrogens is 301 g/mol. The van der Waals surface area contributed by atoms with Crippen molar-refractivity contribution < 1.29 is 24.4 Å². The molecule has 0 spiro atoms. The summed E-state index contributed by atoms with van der Waals surface area (Å²) in [6.45, 7) is -1.05. The fraction of sp³-hybridized carbons (Fsp3) is 0.500. The highest BCUT2D eigenvalue weighted by molar-refractivity contribution is 7.98. The van der Waals surface area contributed by atoms with Crippen molar-refractivity contribution in [3.8, 4) is 0 Å². The molecule has 1 saturated heterocycles. The van der Waals surface area contributed by atoms with E-state index in [-0.39, 0.29) is 0 Å². The van der Waals surface area contributed by atoms with E-state index < -0.39 is 30.9 Å². The zero-order valence-corrected chi connectivity index (χ0v) is 11.9. The van der Waals surface area contributed by atoms with Gasteiger partial charge in [-0.3, -0.25) is 0 Å². The Morgan fingerprint density at radius 3 is 2.86 bits per heavy atom. The highest BCUT2D eigenvalue weighted by Crippen LogP contribution is 2.39. The maximum absolute atomic E-state index is 14.1. The lowest BCUT2D eigenvalue weighted by molar-refractivity contribution is -0.206. The third-order valence-electron chi connectivity index (χ3n) is 3.53. The van der Waals surface area contributed by atoms with E-state index in [9.17, 15) is 14.6 Å². The SMILES string of the molecule is CSc1ncnc2c1ccn2[C@@H]1O[C@](F)(CO)[C@@H](O)[C@H]1O. The minimum Gasteiger partial charge on any atom is -0.390 e. The largest absolute Gasteiger partial charge is 0.390 e. The Kier molecular flexibility index (Phi) is 3.62. The van der Waals surface area contributed by atoms with E-state index in [0.29, 0.717) is 5.65 Å². The summed E-state index contributed by atoms with van der Waals surface area (Å²) >= 11 is 1.43. The van der Waals surface area contributed by atoms with Gasteiger partial charge in [0, 0.05) is 6.20 Å². The number of alkyl halides is 1. The standard InChI is InChI=1S/C12H14FN3O4S/c1-21-10-6-2-3-16(9(6)14-5-15-10)11-7(18)8(19)12(13,4-17)20-11/h2-3,5,7-8,11,17-19H,4H2,1H3/t7-,8+,11-,12-/m1/s1. The second-order valence-electron chi connectivity index (χ2n) is 4.73. The first kappa shape index (κ1) is 14.7. The maximum Gasteiger partial charge on any atom is 0.263 e. The molecule has 0 amide bonds. The van der Waals surface area contributed by atoms with Gasteiger partial charge in [-0.05, 0) is 12.3 Å². The Bertz CT molecular complexity index is 669. The molecule has 0 unspecified atom stereocenters. The van der Waals surface area contributed by atoms with Crippen LogP contribution < -0.4 is 0 Å². The molecule has 2 aromatic heterocycles. The number of rotatable bonds is 3. The fourth-order valence-electron chi connectivity index (χ4n) is 2.42. The third kappa shape index (κ3) is 2.12. The number of fused-ring (bicyclic) bond motifs is 1. The Hall–Kier alpha value is -1.26. The predicted molar refractivity (Wildman–Crippen MR) is 72.4 cm³/mol. The molecule has 4 atom stereocenters. The topological polar surface area (TPSA) is 101 Å². The molecule has 3 rings (SSSR count). The minimum atomic E-state index is -2.70. The average molecular weight is 315 g/mol. The zero-order chi connectivity index (χ0) is 15.2. The molecule has 114 valence electrons.